The third-order valence-electron chi connectivity index (χ3n) is 2.16. The summed E-state index contributed by atoms with van der Waals surface area (Å²) < 4.78 is 36.5. The zero-order valence-corrected chi connectivity index (χ0v) is 9.67. The van der Waals surface area contributed by atoms with E-state index >= 15 is 0 Å². The van der Waals surface area contributed by atoms with Crippen molar-refractivity contribution in [2.45, 2.75) is 11.8 Å². The average molecular weight is 258 g/mol. The summed E-state index contributed by atoms with van der Waals surface area (Å²) in [5.74, 6) is -0.00208. The Morgan fingerprint density at radius 2 is 1.88 bits per heavy atom. The number of imidazole rings is 1. The van der Waals surface area contributed by atoms with E-state index in [1.165, 1.54) is 6.07 Å². The van der Waals surface area contributed by atoms with Gasteiger partial charge in [0.1, 0.15) is 10.6 Å². The van der Waals surface area contributed by atoms with Crippen LogP contribution in [0.15, 0.2) is 21.8 Å². The van der Waals surface area contributed by atoms with Gasteiger partial charge >= 0.3 is 5.69 Å². The smallest absolute Gasteiger partial charge is 0.323 e. The van der Waals surface area contributed by atoms with Crippen molar-refractivity contribution in [2.24, 2.45) is 0 Å². The van der Waals surface area contributed by atoms with Crippen LogP contribution in [0, 0.1) is 0 Å². The number of hydrogen-bond donors (Lipinski definition) is 3. The molecule has 0 saturated carbocycles. The van der Waals surface area contributed by atoms with E-state index < -0.39 is 15.8 Å². The van der Waals surface area contributed by atoms with Gasteiger partial charge in [-0.15, -0.1) is 0 Å². The Balaban J connectivity index is 2.79. The fraction of sp³-hybridized carbons (Fsp3) is 0.222. The second-order valence-electron chi connectivity index (χ2n) is 3.33. The van der Waals surface area contributed by atoms with Crippen LogP contribution in [-0.2, 0) is 10.1 Å². The summed E-state index contributed by atoms with van der Waals surface area (Å²) in [5.41, 5.74) is 0.229. The molecule has 1 aromatic carbocycles. The van der Waals surface area contributed by atoms with Crippen LogP contribution >= 0.6 is 0 Å². The van der Waals surface area contributed by atoms with E-state index in [4.69, 9.17) is 9.29 Å². The maximum Gasteiger partial charge on any atom is 0.323 e. The average Bonchev–Trinajstić information content (AvgIpc) is 2.55. The molecule has 0 unspecified atom stereocenters. The molecule has 1 heterocycles. The summed E-state index contributed by atoms with van der Waals surface area (Å²) in [6, 6.07) is 2.49. The highest BCUT2D eigenvalue weighted by atomic mass is 32.2. The van der Waals surface area contributed by atoms with Crippen LogP contribution in [0.1, 0.15) is 6.92 Å². The van der Waals surface area contributed by atoms with E-state index in [0.717, 1.165) is 6.07 Å². The van der Waals surface area contributed by atoms with E-state index in [9.17, 15) is 13.2 Å². The minimum atomic E-state index is -4.40. The molecule has 0 fully saturated rings. The lowest BCUT2D eigenvalue weighted by Crippen LogP contribution is -2.03. The van der Waals surface area contributed by atoms with Crippen LogP contribution in [0.3, 0.4) is 0 Å². The zero-order valence-electron chi connectivity index (χ0n) is 8.85. The molecule has 0 bridgehead atoms. The van der Waals surface area contributed by atoms with Gasteiger partial charge in [-0.25, -0.2) is 4.79 Å². The predicted octanol–water partition coefficient (Wildman–Crippen LogP) is 0.502. The molecule has 1 aromatic heterocycles. The fourth-order valence-electron chi connectivity index (χ4n) is 1.51. The largest absolute Gasteiger partial charge is 0.492 e. The molecule has 2 aromatic rings. The van der Waals surface area contributed by atoms with Crippen LogP contribution < -0.4 is 10.4 Å². The van der Waals surface area contributed by atoms with Crippen molar-refractivity contribution in [1.82, 2.24) is 9.97 Å². The first-order valence-electron chi connectivity index (χ1n) is 4.78. The van der Waals surface area contributed by atoms with Crippen LogP contribution in [0.25, 0.3) is 11.0 Å². The Kier molecular flexibility index (Phi) is 2.68. The molecule has 0 atom stereocenters. The van der Waals surface area contributed by atoms with E-state index in [-0.39, 0.29) is 22.8 Å². The Labute approximate surface area is 96.2 Å². The SMILES string of the molecule is CCOc1cc2[nH]c(=O)[nH]c2cc1S(=O)(=O)O. The lowest BCUT2D eigenvalue weighted by molar-refractivity contribution is 0.330. The van der Waals surface area contributed by atoms with Crippen LogP contribution in [0.2, 0.25) is 0 Å². The van der Waals surface area contributed by atoms with Gasteiger partial charge in [0.15, 0.2) is 0 Å². The number of H-pyrrole nitrogens is 2. The molecule has 17 heavy (non-hydrogen) atoms. The number of aromatic nitrogens is 2. The predicted molar refractivity (Wildman–Crippen MR) is 59.9 cm³/mol. The summed E-state index contributed by atoms with van der Waals surface area (Å²) >= 11 is 0. The molecule has 0 aliphatic heterocycles. The molecule has 2 rings (SSSR count). The molecular formula is C9H10N2O5S. The molecule has 92 valence electrons. The van der Waals surface area contributed by atoms with Crippen molar-refractivity contribution in [3.8, 4) is 5.75 Å². The zero-order chi connectivity index (χ0) is 12.6. The summed E-state index contributed by atoms with van der Waals surface area (Å²) in [5, 5.41) is 0. The highest BCUT2D eigenvalue weighted by molar-refractivity contribution is 7.86. The molecule has 3 N–H and O–H groups in total. The molecule has 0 amide bonds. The topological polar surface area (TPSA) is 112 Å². The number of rotatable bonds is 3. The Hall–Kier alpha value is -1.80. The molecule has 0 aliphatic carbocycles. The van der Waals surface area contributed by atoms with Gasteiger partial charge in [0.25, 0.3) is 10.1 Å². The van der Waals surface area contributed by atoms with Gasteiger partial charge in [-0.1, -0.05) is 0 Å². The number of fused-ring (bicyclic) bond motifs is 1. The molecule has 7 nitrogen and oxygen atoms in total. The first-order chi connectivity index (χ1) is 7.91. The first-order valence-corrected chi connectivity index (χ1v) is 6.22. The highest BCUT2D eigenvalue weighted by Crippen LogP contribution is 2.27. The third kappa shape index (κ3) is 2.17. The van der Waals surface area contributed by atoms with Crippen LogP contribution in [-0.4, -0.2) is 29.5 Å². The van der Waals surface area contributed by atoms with Crippen molar-refractivity contribution in [1.29, 1.82) is 0 Å². The van der Waals surface area contributed by atoms with E-state index in [1.807, 2.05) is 0 Å². The standard InChI is InChI=1S/C9H10N2O5S/c1-2-16-7-3-5-6(11-9(12)10-5)4-8(7)17(13,14)15/h3-4H,2H2,1H3,(H2,10,11,12)(H,13,14,15). The van der Waals surface area contributed by atoms with Crippen LogP contribution in [0.5, 0.6) is 5.75 Å². The molecule has 0 spiro atoms. The second-order valence-corrected chi connectivity index (χ2v) is 4.72. The van der Waals surface area contributed by atoms with Gasteiger partial charge in [-0.3, -0.25) is 4.55 Å². The lowest BCUT2D eigenvalue weighted by Gasteiger charge is -2.07. The molecular weight excluding hydrogens is 248 g/mol. The van der Waals surface area contributed by atoms with Gasteiger partial charge in [0, 0.05) is 6.07 Å². The number of ether oxygens (including phenoxy) is 1. The maximum absolute atomic E-state index is 11.2. The van der Waals surface area contributed by atoms with E-state index in [2.05, 4.69) is 9.97 Å². The maximum atomic E-state index is 11.2. The summed E-state index contributed by atoms with van der Waals surface area (Å²) in [7, 11) is -4.40. The van der Waals surface area contributed by atoms with Crippen molar-refractivity contribution in [3.05, 3.63) is 22.6 Å². The quantitative estimate of drug-likeness (QED) is 0.694. The van der Waals surface area contributed by atoms with Crippen molar-refractivity contribution >= 4 is 21.2 Å². The second kappa shape index (κ2) is 3.90. The number of hydrogen-bond acceptors (Lipinski definition) is 4. The van der Waals surface area contributed by atoms with Gasteiger partial charge in [-0.05, 0) is 13.0 Å². The van der Waals surface area contributed by atoms with Crippen LogP contribution in [0.4, 0.5) is 0 Å². The minimum absolute atomic E-state index is 0.00208. The van der Waals surface area contributed by atoms with E-state index in [0.29, 0.717) is 5.52 Å². The van der Waals surface area contributed by atoms with Gasteiger partial charge in [0.05, 0.1) is 17.6 Å². The molecule has 0 radical (unpaired) electrons. The monoisotopic (exact) mass is 258 g/mol. The molecule has 0 aliphatic rings. The Bertz CT molecular complexity index is 713. The number of nitrogens with one attached hydrogen (secondary N) is 2. The summed E-state index contributed by atoms with van der Waals surface area (Å²) in [6.45, 7) is 1.92. The van der Waals surface area contributed by atoms with Crippen molar-refractivity contribution in [2.75, 3.05) is 6.61 Å². The summed E-state index contributed by atoms with van der Waals surface area (Å²) in [6.07, 6.45) is 0. The Morgan fingerprint density at radius 1 is 1.29 bits per heavy atom. The first kappa shape index (κ1) is 11.7. The minimum Gasteiger partial charge on any atom is -0.492 e. The third-order valence-corrected chi connectivity index (χ3v) is 3.03. The van der Waals surface area contributed by atoms with E-state index in [1.54, 1.807) is 6.92 Å². The number of benzene rings is 1. The van der Waals surface area contributed by atoms with Gasteiger partial charge in [-0.2, -0.15) is 8.42 Å². The number of aromatic amines is 2. The van der Waals surface area contributed by atoms with Gasteiger partial charge in [0.2, 0.25) is 0 Å². The van der Waals surface area contributed by atoms with Crippen molar-refractivity contribution in [3.63, 3.8) is 0 Å². The fourth-order valence-corrected chi connectivity index (χ4v) is 2.15. The lowest BCUT2D eigenvalue weighted by atomic mass is 10.3. The van der Waals surface area contributed by atoms with Crippen molar-refractivity contribution < 1.29 is 17.7 Å². The molecule has 0 saturated heterocycles. The Morgan fingerprint density at radius 3 is 2.41 bits per heavy atom. The highest BCUT2D eigenvalue weighted by Gasteiger charge is 2.18. The van der Waals surface area contributed by atoms with Gasteiger partial charge < -0.3 is 14.7 Å². The molecule has 8 heteroatoms. The normalized spacial score (nSPS) is 11.9. The summed E-state index contributed by atoms with van der Waals surface area (Å²) in [4.78, 5) is 15.5.